The van der Waals surface area contributed by atoms with Crippen LogP contribution in [0.25, 0.3) is 0 Å². The highest BCUT2D eigenvalue weighted by molar-refractivity contribution is 5.69. The van der Waals surface area contributed by atoms with Gasteiger partial charge in [-0.15, -0.1) is 0 Å². The van der Waals surface area contributed by atoms with Crippen LogP contribution in [0.5, 0.6) is 0 Å². The molecule has 0 N–H and O–H groups in total. The van der Waals surface area contributed by atoms with E-state index in [2.05, 4.69) is 0 Å². The summed E-state index contributed by atoms with van der Waals surface area (Å²) in [6.45, 7) is 2.21. The molecule has 1 heterocycles. The Morgan fingerprint density at radius 2 is 0.864 bits per heavy atom. The van der Waals surface area contributed by atoms with Crippen LogP contribution in [0.2, 0.25) is 0 Å². The molecule has 0 aromatic heterocycles. The van der Waals surface area contributed by atoms with E-state index in [0.29, 0.717) is 39.3 Å². The van der Waals surface area contributed by atoms with Crippen molar-refractivity contribution in [2.24, 2.45) is 0 Å². The predicted octanol–water partition coefficient (Wildman–Crippen LogP) is 2.24. The summed E-state index contributed by atoms with van der Waals surface area (Å²) in [5.74, 6) is -0.311. The SMILES string of the molecule is O=C1CCCCCCCCC(=O)OCCOCCOCCO1. The quantitative estimate of drug-likeness (QED) is 0.638. The molecule has 1 rings (SSSR count). The molecule has 128 valence electrons. The molecular weight excluding hydrogens is 288 g/mol. The molecule has 0 aromatic carbocycles. The summed E-state index contributed by atoms with van der Waals surface area (Å²) in [6, 6.07) is 0. The number of hydrogen-bond acceptors (Lipinski definition) is 6. The molecule has 0 unspecified atom stereocenters. The largest absolute Gasteiger partial charge is 0.463 e. The number of cyclic esters (lactones) is 2. The summed E-state index contributed by atoms with van der Waals surface area (Å²) >= 11 is 0. The first kappa shape index (κ1) is 18.9. The highest BCUT2D eigenvalue weighted by Crippen LogP contribution is 2.09. The van der Waals surface area contributed by atoms with Gasteiger partial charge in [0.2, 0.25) is 0 Å². The molecule has 0 atom stereocenters. The minimum atomic E-state index is -0.156. The van der Waals surface area contributed by atoms with Crippen LogP contribution in [-0.4, -0.2) is 51.6 Å². The first-order chi connectivity index (χ1) is 10.8. The van der Waals surface area contributed by atoms with Crippen molar-refractivity contribution < 1.29 is 28.5 Å². The van der Waals surface area contributed by atoms with Crippen molar-refractivity contribution in [2.75, 3.05) is 39.6 Å². The second kappa shape index (κ2) is 13.5. The van der Waals surface area contributed by atoms with E-state index in [1.54, 1.807) is 0 Å². The molecule has 0 aliphatic carbocycles. The molecule has 0 saturated carbocycles. The lowest BCUT2D eigenvalue weighted by Gasteiger charge is -2.08. The van der Waals surface area contributed by atoms with Gasteiger partial charge in [-0.1, -0.05) is 25.7 Å². The van der Waals surface area contributed by atoms with Gasteiger partial charge in [0, 0.05) is 12.8 Å². The molecule has 1 saturated heterocycles. The Balaban J connectivity index is 2.17. The maximum atomic E-state index is 11.4. The number of carbonyl (C=O) groups is 2. The normalized spacial score (nSPS) is 22.4. The third kappa shape index (κ3) is 11.5. The van der Waals surface area contributed by atoms with Crippen LogP contribution < -0.4 is 0 Å². The summed E-state index contributed by atoms with van der Waals surface area (Å²) in [5.41, 5.74) is 0. The number of carbonyl (C=O) groups excluding carboxylic acids is 2. The molecule has 22 heavy (non-hydrogen) atoms. The summed E-state index contributed by atoms with van der Waals surface area (Å²) in [4.78, 5) is 22.9. The molecule has 0 spiro atoms. The second-order valence-corrected chi connectivity index (χ2v) is 5.29. The Morgan fingerprint density at radius 3 is 1.32 bits per heavy atom. The van der Waals surface area contributed by atoms with Gasteiger partial charge in [0.05, 0.1) is 26.4 Å². The Labute approximate surface area is 132 Å². The topological polar surface area (TPSA) is 71.1 Å². The maximum absolute atomic E-state index is 11.4. The van der Waals surface area contributed by atoms with Crippen molar-refractivity contribution in [2.45, 2.75) is 51.4 Å². The highest BCUT2D eigenvalue weighted by Gasteiger charge is 2.04. The van der Waals surface area contributed by atoms with Crippen molar-refractivity contribution in [3.8, 4) is 0 Å². The van der Waals surface area contributed by atoms with Crippen LogP contribution in [0.1, 0.15) is 51.4 Å². The summed E-state index contributed by atoms with van der Waals surface area (Å²) in [6.07, 6.45) is 6.86. The Bertz CT molecular complexity index is 275. The van der Waals surface area contributed by atoms with Gasteiger partial charge in [0.25, 0.3) is 0 Å². The summed E-state index contributed by atoms with van der Waals surface area (Å²) in [7, 11) is 0. The standard InChI is InChI=1S/C16H28O6/c17-15-7-5-3-1-2-4-6-8-16(18)22-14-12-20-10-9-19-11-13-21-15/h1-14H2. The predicted molar refractivity (Wildman–Crippen MR) is 80.5 cm³/mol. The van der Waals surface area contributed by atoms with Gasteiger partial charge in [-0.2, -0.15) is 0 Å². The number of ether oxygens (including phenoxy) is 4. The molecule has 6 heteroatoms. The second-order valence-electron chi connectivity index (χ2n) is 5.29. The van der Waals surface area contributed by atoms with Crippen molar-refractivity contribution in [3.05, 3.63) is 0 Å². The number of hydrogen-bond donors (Lipinski definition) is 0. The lowest BCUT2D eigenvalue weighted by atomic mass is 10.1. The minimum absolute atomic E-state index is 0.156. The lowest BCUT2D eigenvalue weighted by molar-refractivity contribution is -0.147. The van der Waals surface area contributed by atoms with Crippen molar-refractivity contribution >= 4 is 11.9 Å². The van der Waals surface area contributed by atoms with Crippen LogP contribution in [-0.2, 0) is 28.5 Å². The molecular formula is C16H28O6. The van der Waals surface area contributed by atoms with Gasteiger partial charge in [0.15, 0.2) is 0 Å². The Morgan fingerprint density at radius 1 is 0.500 bits per heavy atom. The van der Waals surface area contributed by atoms with Crippen molar-refractivity contribution in [3.63, 3.8) is 0 Å². The van der Waals surface area contributed by atoms with Gasteiger partial charge < -0.3 is 18.9 Å². The third-order valence-corrected chi connectivity index (χ3v) is 3.37. The molecule has 0 bridgehead atoms. The van der Waals surface area contributed by atoms with Gasteiger partial charge in [-0.25, -0.2) is 0 Å². The van der Waals surface area contributed by atoms with E-state index in [4.69, 9.17) is 18.9 Å². The number of rotatable bonds is 0. The molecule has 1 aliphatic rings. The fourth-order valence-corrected chi connectivity index (χ4v) is 2.14. The monoisotopic (exact) mass is 316 g/mol. The van der Waals surface area contributed by atoms with E-state index in [0.717, 1.165) is 38.5 Å². The van der Waals surface area contributed by atoms with Crippen LogP contribution in [0.3, 0.4) is 0 Å². The summed E-state index contributed by atoms with van der Waals surface area (Å²) < 4.78 is 20.7. The van der Waals surface area contributed by atoms with Gasteiger partial charge in [-0.3, -0.25) is 9.59 Å². The molecule has 0 amide bonds. The average molecular weight is 316 g/mol. The zero-order valence-electron chi connectivity index (χ0n) is 13.3. The molecule has 6 nitrogen and oxygen atoms in total. The van der Waals surface area contributed by atoms with Crippen LogP contribution in [0, 0.1) is 0 Å². The van der Waals surface area contributed by atoms with Gasteiger partial charge in [0.1, 0.15) is 13.2 Å². The molecule has 1 fully saturated rings. The fourth-order valence-electron chi connectivity index (χ4n) is 2.14. The van der Waals surface area contributed by atoms with Gasteiger partial charge in [-0.05, 0) is 12.8 Å². The van der Waals surface area contributed by atoms with E-state index < -0.39 is 0 Å². The first-order valence-corrected chi connectivity index (χ1v) is 8.26. The molecule has 1 aliphatic heterocycles. The minimum Gasteiger partial charge on any atom is -0.463 e. The fraction of sp³-hybridized carbons (Fsp3) is 0.875. The van der Waals surface area contributed by atoms with Gasteiger partial charge >= 0.3 is 11.9 Å². The lowest BCUT2D eigenvalue weighted by Crippen LogP contribution is -2.15. The highest BCUT2D eigenvalue weighted by atomic mass is 16.6. The number of esters is 2. The Kier molecular flexibility index (Phi) is 11.6. The molecule has 0 radical (unpaired) electrons. The zero-order chi connectivity index (χ0) is 15.9. The van der Waals surface area contributed by atoms with E-state index in [-0.39, 0.29) is 25.2 Å². The van der Waals surface area contributed by atoms with E-state index >= 15 is 0 Å². The smallest absolute Gasteiger partial charge is 0.305 e. The van der Waals surface area contributed by atoms with E-state index in [1.165, 1.54) is 0 Å². The van der Waals surface area contributed by atoms with Crippen molar-refractivity contribution in [1.29, 1.82) is 0 Å². The van der Waals surface area contributed by atoms with Crippen LogP contribution in [0.15, 0.2) is 0 Å². The van der Waals surface area contributed by atoms with Crippen LogP contribution in [0.4, 0.5) is 0 Å². The zero-order valence-corrected chi connectivity index (χ0v) is 13.3. The average Bonchev–Trinajstić information content (AvgIpc) is 2.50. The maximum Gasteiger partial charge on any atom is 0.305 e. The first-order valence-electron chi connectivity index (χ1n) is 8.26. The Hall–Kier alpha value is -1.14. The summed E-state index contributed by atoms with van der Waals surface area (Å²) in [5, 5.41) is 0. The van der Waals surface area contributed by atoms with Crippen LogP contribution >= 0.6 is 0 Å². The third-order valence-electron chi connectivity index (χ3n) is 3.37. The van der Waals surface area contributed by atoms with E-state index in [1.807, 2.05) is 0 Å². The van der Waals surface area contributed by atoms with E-state index in [9.17, 15) is 9.59 Å². The molecule has 0 aromatic rings. The van der Waals surface area contributed by atoms with Crippen molar-refractivity contribution in [1.82, 2.24) is 0 Å².